The second kappa shape index (κ2) is 6.29. The van der Waals surface area contributed by atoms with Crippen molar-refractivity contribution in [1.29, 1.82) is 0 Å². The highest BCUT2D eigenvalue weighted by molar-refractivity contribution is 7.55. The summed E-state index contributed by atoms with van der Waals surface area (Å²) in [6.07, 6.45) is 2.96. The molecule has 0 saturated carbocycles. The third-order valence-corrected chi connectivity index (χ3v) is 3.09. The fourth-order valence-electron chi connectivity index (χ4n) is 1.55. The van der Waals surface area contributed by atoms with Gasteiger partial charge < -0.3 is 25.4 Å². The van der Waals surface area contributed by atoms with Gasteiger partial charge in [0.2, 0.25) is 0 Å². The number of nitrogens with zero attached hydrogens (tertiary/aromatic N) is 4. The fourth-order valence-corrected chi connectivity index (χ4v) is 1.96. The van der Waals surface area contributed by atoms with Crippen LogP contribution in [0.15, 0.2) is 24.5 Å². The van der Waals surface area contributed by atoms with E-state index in [-0.39, 0.29) is 12.5 Å². The van der Waals surface area contributed by atoms with Gasteiger partial charge in [0.25, 0.3) is 0 Å². The number of nitrogen functional groups attached to an aromatic ring is 1. The van der Waals surface area contributed by atoms with Crippen LogP contribution in [0.2, 0.25) is 0 Å². The monoisotopic (exact) mass is 315 g/mol. The molecule has 0 radical (unpaired) electrons. The van der Waals surface area contributed by atoms with E-state index in [1.165, 1.54) is 17.2 Å². The lowest BCUT2D eigenvalue weighted by Gasteiger charge is -2.12. The Kier molecular flexibility index (Phi) is 4.66. The summed E-state index contributed by atoms with van der Waals surface area (Å²) < 4.78 is 17.6. The molecule has 5 N–H and O–H groups in total. The Labute approximate surface area is 119 Å². The Bertz CT molecular complexity index is 696. The first kappa shape index (κ1) is 15.5. The number of fused-ring (bicyclic) bond motifs is 1. The maximum atomic E-state index is 10.7. The minimum atomic E-state index is -4.29. The van der Waals surface area contributed by atoms with Crippen LogP contribution < -0.4 is 5.73 Å². The predicted molar refractivity (Wildman–Crippen MR) is 72.9 cm³/mol. The third kappa shape index (κ3) is 4.06. The molecule has 0 aliphatic heterocycles. The molecule has 0 amide bonds. The average molecular weight is 315 g/mol. The molecule has 2 aromatic heterocycles. The first-order valence-corrected chi connectivity index (χ1v) is 7.47. The van der Waals surface area contributed by atoms with Crippen molar-refractivity contribution >= 4 is 24.6 Å². The van der Waals surface area contributed by atoms with Gasteiger partial charge in [0.05, 0.1) is 12.9 Å². The Hall–Kier alpha value is -1.84. The highest BCUT2D eigenvalue weighted by atomic mass is 31.2. The third-order valence-electron chi connectivity index (χ3n) is 2.53. The van der Waals surface area contributed by atoms with Crippen LogP contribution in [0.3, 0.4) is 0 Å². The summed E-state index contributed by atoms with van der Waals surface area (Å²) in [4.78, 5) is 29.3. The summed E-state index contributed by atoms with van der Waals surface area (Å²) in [5, 5.41) is 9.11. The second-order valence-corrected chi connectivity index (χ2v) is 5.57. The molecule has 1 atom stereocenters. The number of hydrogen-bond donors (Lipinski definition) is 4. The van der Waals surface area contributed by atoms with Crippen molar-refractivity contribution in [1.82, 2.24) is 19.5 Å². The summed E-state index contributed by atoms with van der Waals surface area (Å²) in [5.41, 5.74) is 6.52. The molecule has 2 rings (SSSR count). The van der Waals surface area contributed by atoms with Gasteiger partial charge in [-0.3, -0.25) is 9.13 Å². The first-order valence-electron chi connectivity index (χ1n) is 5.79. The molecule has 2 heterocycles. The van der Waals surface area contributed by atoms with E-state index in [2.05, 4.69) is 15.0 Å². The Balaban J connectivity index is 2.08. The SMILES string of the molecule is Nc1ncnc2c1ncn2CO[C@H](/C=C/P(=O)(O)O)CO. The minimum Gasteiger partial charge on any atom is -0.393 e. The molecular weight excluding hydrogens is 301 g/mol. The Morgan fingerprint density at radius 3 is 2.86 bits per heavy atom. The minimum absolute atomic E-state index is 0.0241. The van der Waals surface area contributed by atoms with Gasteiger partial charge in [-0.15, -0.1) is 0 Å². The molecular formula is C10H14N5O5P. The molecule has 10 nitrogen and oxygen atoms in total. The normalized spacial score (nSPS) is 14.0. The van der Waals surface area contributed by atoms with Gasteiger partial charge in [0, 0.05) is 5.82 Å². The van der Waals surface area contributed by atoms with E-state index in [0.29, 0.717) is 17.0 Å². The van der Waals surface area contributed by atoms with Crippen molar-refractivity contribution in [3.05, 3.63) is 24.5 Å². The van der Waals surface area contributed by atoms with Crippen LogP contribution in [0.5, 0.6) is 0 Å². The smallest absolute Gasteiger partial charge is 0.348 e. The quantitative estimate of drug-likeness (QED) is 0.512. The van der Waals surface area contributed by atoms with E-state index in [1.54, 1.807) is 0 Å². The van der Waals surface area contributed by atoms with Crippen LogP contribution in [-0.2, 0) is 16.0 Å². The van der Waals surface area contributed by atoms with E-state index in [4.69, 9.17) is 25.4 Å². The van der Waals surface area contributed by atoms with Gasteiger partial charge in [0.15, 0.2) is 11.5 Å². The van der Waals surface area contributed by atoms with Crippen LogP contribution in [0.25, 0.3) is 11.2 Å². The average Bonchev–Trinajstić information content (AvgIpc) is 2.83. The number of rotatable bonds is 6. The van der Waals surface area contributed by atoms with Crippen LogP contribution in [0.4, 0.5) is 5.82 Å². The lowest BCUT2D eigenvalue weighted by molar-refractivity contribution is 0.00468. The second-order valence-electron chi connectivity index (χ2n) is 4.09. The molecule has 0 fully saturated rings. The Morgan fingerprint density at radius 1 is 1.43 bits per heavy atom. The van der Waals surface area contributed by atoms with E-state index < -0.39 is 20.3 Å². The number of anilines is 1. The highest BCUT2D eigenvalue weighted by Crippen LogP contribution is 2.36. The molecule has 0 spiro atoms. The number of aliphatic hydroxyl groups is 1. The molecule has 21 heavy (non-hydrogen) atoms. The maximum absolute atomic E-state index is 10.7. The van der Waals surface area contributed by atoms with Gasteiger partial charge in [-0.1, -0.05) is 0 Å². The molecule has 11 heteroatoms. The number of aliphatic hydroxyl groups excluding tert-OH is 1. The molecule has 0 aromatic carbocycles. The van der Waals surface area contributed by atoms with Gasteiger partial charge in [-0.25, -0.2) is 15.0 Å². The fraction of sp³-hybridized carbons (Fsp3) is 0.300. The maximum Gasteiger partial charge on any atom is 0.348 e. The predicted octanol–water partition coefficient (Wildman–Crippen LogP) is -0.565. The van der Waals surface area contributed by atoms with E-state index >= 15 is 0 Å². The zero-order valence-electron chi connectivity index (χ0n) is 10.8. The van der Waals surface area contributed by atoms with Crippen molar-refractivity contribution in [2.45, 2.75) is 12.8 Å². The zero-order chi connectivity index (χ0) is 15.5. The van der Waals surface area contributed by atoms with Crippen LogP contribution in [0.1, 0.15) is 0 Å². The molecule has 0 saturated heterocycles. The van der Waals surface area contributed by atoms with Crippen molar-refractivity contribution < 1.29 is 24.2 Å². The van der Waals surface area contributed by atoms with Gasteiger partial charge >= 0.3 is 7.60 Å². The van der Waals surface area contributed by atoms with Crippen LogP contribution in [0, 0.1) is 0 Å². The molecule has 0 unspecified atom stereocenters. The summed E-state index contributed by atoms with van der Waals surface area (Å²) in [6, 6.07) is 0. The molecule has 114 valence electrons. The zero-order valence-corrected chi connectivity index (χ0v) is 11.7. The van der Waals surface area contributed by atoms with Crippen molar-refractivity contribution in [3.8, 4) is 0 Å². The number of imidazole rings is 1. The van der Waals surface area contributed by atoms with Crippen molar-refractivity contribution in [2.24, 2.45) is 0 Å². The highest BCUT2D eigenvalue weighted by Gasteiger charge is 2.12. The molecule has 0 aliphatic carbocycles. The van der Waals surface area contributed by atoms with Crippen LogP contribution in [-0.4, -0.2) is 47.1 Å². The number of aromatic nitrogens is 4. The lowest BCUT2D eigenvalue weighted by Crippen LogP contribution is -2.17. The summed E-state index contributed by atoms with van der Waals surface area (Å²) in [6.45, 7) is -0.454. The number of hydrogen-bond acceptors (Lipinski definition) is 7. The van der Waals surface area contributed by atoms with E-state index in [0.717, 1.165) is 6.08 Å². The first-order chi connectivity index (χ1) is 9.90. The molecule has 0 bridgehead atoms. The topological polar surface area (TPSA) is 157 Å². The molecule has 2 aromatic rings. The summed E-state index contributed by atoms with van der Waals surface area (Å²) in [7, 11) is -4.29. The number of ether oxygens (including phenoxy) is 1. The van der Waals surface area contributed by atoms with Crippen molar-refractivity contribution in [3.63, 3.8) is 0 Å². The van der Waals surface area contributed by atoms with Gasteiger partial charge in [-0.2, -0.15) is 0 Å². The summed E-state index contributed by atoms with van der Waals surface area (Å²) >= 11 is 0. The van der Waals surface area contributed by atoms with Crippen molar-refractivity contribution in [2.75, 3.05) is 12.3 Å². The van der Waals surface area contributed by atoms with Crippen LogP contribution >= 0.6 is 7.60 Å². The standard InChI is InChI=1S/C10H14N5O5P/c11-9-8-10(13-4-12-9)15(5-14-8)6-20-7(3-16)1-2-21(17,18)19/h1-2,4-5,7,16H,3,6H2,(H2,11,12,13)(H2,17,18,19)/b2-1+/t7-/m1/s1. The molecule has 0 aliphatic rings. The Morgan fingerprint density at radius 2 is 2.19 bits per heavy atom. The van der Waals surface area contributed by atoms with Gasteiger partial charge in [0.1, 0.15) is 24.7 Å². The largest absolute Gasteiger partial charge is 0.393 e. The number of nitrogens with two attached hydrogens (primary N) is 1. The van der Waals surface area contributed by atoms with Gasteiger partial charge in [-0.05, 0) is 6.08 Å². The summed E-state index contributed by atoms with van der Waals surface area (Å²) in [5.74, 6) is 0.916. The van der Waals surface area contributed by atoms with E-state index in [9.17, 15) is 4.57 Å². The van der Waals surface area contributed by atoms with E-state index in [1.807, 2.05) is 0 Å². The lowest BCUT2D eigenvalue weighted by atomic mass is 10.4.